The Hall–Kier alpha value is 0.723. The van der Waals surface area contributed by atoms with Crippen molar-refractivity contribution >= 4 is 58.3 Å². The van der Waals surface area contributed by atoms with Crippen LogP contribution < -0.4 is 10.2 Å². The predicted molar refractivity (Wildman–Crippen MR) is 195 cm³/mol. The maximum Gasteiger partial charge on any atom is 2.00 e. The van der Waals surface area contributed by atoms with Gasteiger partial charge >= 0.3 is 19.5 Å². The van der Waals surface area contributed by atoms with Gasteiger partial charge in [0.05, 0.1) is 0 Å². The summed E-state index contributed by atoms with van der Waals surface area (Å²) in [5, 5.41) is 20.4. The number of halogens is 4. The van der Waals surface area contributed by atoms with Gasteiger partial charge in [-0.3, -0.25) is 0 Å². The van der Waals surface area contributed by atoms with Gasteiger partial charge in [0.15, 0.2) is 0 Å². The van der Waals surface area contributed by atoms with Crippen LogP contribution in [0.1, 0.15) is 219 Å². The van der Waals surface area contributed by atoms with Gasteiger partial charge in [0, 0.05) is 11.9 Å². The van der Waals surface area contributed by atoms with Crippen molar-refractivity contribution in [1.82, 2.24) is 0 Å². The molecule has 9 heteroatoms. The van der Waals surface area contributed by atoms with Crippen molar-refractivity contribution < 1.29 is 39.3 Å². The molecule has 0 saturated heterocycles. The standard InChI is InChI=1S/2C18H36O2.CCl4.Zn/c2*1-2-3-4-5-6-7-8-9-10-11-12-13-14-15-16-17-18(19)20;2-1(3,4)5;/h2*2-17H2,1H3,(H,19,20);;/q;;;+2/p-2. The zero-order valence-electron chi connectivity index (χ0n) is 30.0. The van der Waals surface area contributed by atoms with Crippen LogP contribution >= 0.6 is 46.4 Å². The van der Waals surface area contributed by atoms with Gasteiger partial charge < -0.3 is 19.8 Å². The van der Waals surface area contributed by atoms with Crippen molar-refractivity contribution in [1.29, 1.82) is 0 Å². The number of alkyl halides is 4. The van der Waals surface area contributed by atoms with E-state index in [0.717, 1.165) is 25.7 Å². The predicted octanol–water partition coefficient (Wildman–Crippen LogP) is 12.5. The molecule has 0 aliphatic rings. The second kappa shape index (κ2) is 45.7. The number of carbonyl (C=O) groups is 2. The van der Waals surface area contributed by atoms with Crippen molar-refractivity contribution in [2.75, 3.05) is 0 Å². The molecule has 0 saturated carbocycles. The Bertz CT molecular complexity index is 542. The molecule has 0 amide bonds. The maximum absolute atomic E-state index is 10.2. The molecule has 4 nitrogen and oxygen atoms in total. The minimum absolute atomic E-state index is 0. The van der Waals surface area contributed by atoms with Crippen LogP contribution in [0.25, 0.3) is 0 Å². The van der Waals surface area contributed by atoms with E-state index in [9.17, 15) is 19.8 Å². The van der Waals surface area contributed by atoms with E-state index >= 15 is 0 Å². The minimum atomic E-state index is -1.61. The summed E-state index contributed by atoms with van der Waals surface area (Å²) < 4.78 is -1.61. The molecule has 0 unspecified atom stereocenters. The molecular formula is C37H70Cl4O4Zn. The second-order valence-corrected chi connectivity index (χ2v) is 16.0. The maximum atomic E-state index is 10.2. The molecule has 0 atom stereocenters. The molecule has 0 spiro atoms. The Morgan fingerprint density at radius 3 is 0.630 bits per heavy atom. The van der Waals surface area contributed by atoms with Crippen LogP contribution in [0.4, 0.5) is 0 Å². The summed E-state index contributed by atoms with van der Waals surface area (Å²) in [6, 6.07) is 0. The molecule has 272 valence electrons. The third-order valence-electron chi connectivity index (χ3n) is 7.97. The first kappa shape index (κ1) is 53.5. The Morgan fingerprint density at radius 2 is 0.500 bits per heavy atom. The average Bonchev–Trinajstić information content (AvgIpc) is 2.96. The fourth-order valence-corrected chi connectivity index (χ4v) is 5.28. The number of carboxylic acids is 2. The first-order valence-corrected chi connectivity index (χ1v) is 20.2. The Balaban J connectivity index is -0.000000327. The van der Waals surface area contributed by atoms with Crippen LogP contribution in [-0.4, -0.2) is 15.2 Å². The van der Waals surface area contributed by atoms with E-state index in [-0.39, 0.29) is 32.3 Å². The fourth-order valence-electron chi connectivity index (χ4n) is 5.28. The topological polar surface area (TPSA) is 80.3 Å². The number of rotatable bonds is 32. The Kier molecular flexibility index (Phi) is 53.2. The third kappa shape index (κ3) is 70.9. The summed E-state index contributed by atoms with van der Waals surface area (Å²) in [7, 11) is 0. The largest absolute Gasteiger partial charge is 2.00 e. The van der Waals surface area contributed by atoms with Crippen LogP contribution in [0.2, 0.25) is 0 Å². The number of hydrogen-bond donors (Lipinski definition) is 0. The summed E-state index contributed by atoms with van der Waals surface area (Å²) in [5.41, 5.74) is 0. The fraction of sp³-hybridized carbons (Fsp3) is 0.946. The monoisotopic (exact) mass is 782 g/mol. The molecule has 46 heavy (non-hydrogen) atoms. The molecule has 0 aliphatic heterocycles. The molecule has 0 aromatic rings. The molecule has 0 aliphatic carbocycles. The van der Waals surface area contributed by atoms with Crippen molar-refractivity contribution in [3.63, 3.8) is 0 Å². The van der Waals surface area contributed by atoms with Crippen molar-refractivity contribution in [3.05, 3.63) is 0 Å². The number of hydrogen-bond acceptors (Lipinski definition) is 4. The van der Waals surface area contributed by atoms with Crippen LogP contribution in [-0.2, 0) is 29.1 Å². The van der Waals surface area contributed by atoms with E-state index < -0.39 is 15.2 Å². The number of carboxylic acid groups (broad SMARTS) is 2. The molecule has 0 bridgehead atoms. The van der Waals surface area contributed by atoms with Crippen LogP contribution in [0.5, 0.6) is 0 Å². The number of unbranched alkanes of at least 4 members (excludes halogenated alkanes) is 28. The van der Waals surface area contributed by atoms with E-state index in [2.05, 4.69) is 13.8 Å². The van der Waals surface area contributed by atoms with Gasteiger partial charge in [-0.05, 0) is 25.7 Å². The van der Waals surface area contributed by atoms with Crippen molar-refractivity contribution in [2.45, 2.75) is 223 Å². The number of carbonyl (C=O) groups excluding carboxylic acids is 2. The van der Waals surface area contributed by atoms with Crippen LogP contribution in [0.3, 0.4) is 0 Å². The summed E-state index contributed by atoms with van der Waals surface area (Å²) in [4.78, 5) is 20.4. The van der Waals surface area contributed by atoms with Crippen LogP contribution in [0.15, 0.2) is 0 Å². The first-order valence-electron chi connectivity index (χ1n) is 18.7. The minimum Gasteiger partial charge on any atom is -0.550 e. The molecule has 0 rings (SSSR count). The quantitative estimate of drug-likeness (QED) is 0.0386. The Labute approximate surface area is 318 Å². The van der Waals surface area contributed by atoms with Gasteiger partial charge in [-0.1, -0.05) is 240 Å². The SMILES string of the molecule is CCCCCCCCCCCCCCCCCC(=O)[O-].CCCCCCCCCCCCCCCCCC(=O)[O-].ClC(Cl)(Cl)Cl.[Zn+2]. The van der Waals surface area contributed by atoms with Crippen molar-refractivity contribution in [3.8, 4) is 0 Å². The first-order chi connectivity index (χ1) is 21.5. The van der Waals surface area contributed by atoms with Gasteiger partial charge in [-0.25, -0.2) is 0 Å². The van der Waals surface area contributed by atoms with Gasteiger partial charge in [0.1, 0.15) is 0 Å². The number of aliphatic carboxylic acids is 2. The van der Waals surface area contributed by atoms with E-state index in [1.54, 1.807) is 0 Å². The summed E-state index contributed by atoms with van der Waals surface area (Å²) in [6.07, 6.45) is 39.7. The molecule has 0 N–H and O–H groups in total. The normalized spacial score (nSPS) is 10.7. The molecule has 0 aromatic heterocycles. The van der Waals surface area contributed by atoms with E-state index in [0.29, 0.717) is 0 Å². The van der Waals surface area contributed by atoms with Gasteiger partial charge in [-0.15, -0.1) is 0 Å². The second-order valence-electron chi connectivity index (χ2n) is 12.6. The van der Waals surface area contributed by atoms with E-state index in [1.165, 1.54) is 167 Å². The van der Waals surface area contributed by atoms with Gasteiger partial charge in [-0.2, -0.15) is 0 Å². The summed E-state index contributed by atoms with van der Waals surface area (Å²) >= 11 is 19.3. The van der Waals surface area contributed by atoms with Gasteiger partial charge in [0.25, 0.3) is 3.25 Å². The molecule has 0 fully saturated rings. The average molecular weight is 786 g/mol. The molecule has 0 heterocycles. The zero-order chi connectivity index (χ0) is 34.3. The third-order valence-corrected chi connectivity index (χ3v) is 7.97. The zero-order valence-corrected chi connectivity index (χ0v) is 36.0. The Morgan fingerprint density at radius 1 is 0.370 bits per heavy atom. The van der Waals surface area contributed by atoms with E-state index in [1.807, 2.05) is 0 Å². The summed E-state index contributed by atoms with van der Waals surface area (Å²) in [6.45, 7) is 4.53. The molecular weight excluding hydrogens is 716 g/mol. The summed E-state index contributed by atoms with van der Waals surface area (Å²) in [5.74, 6) is -1.81. The molecule has 0 radical (unpaired) electrons. The van der Waals surface area contributed by atoms with Crippen LogP contribution in [0, 0.1) is 0 Å². The molecule has 0 aromatic carbocycles. The van der Waals surface area contributed by atoms with E-state index in [4.69, 9.17) is 46.4 Å². The van der Waals surface area contributed by atoms with Crippen molar-refractivity contribution in [2.24, 2.45) is 0 Å². The van der Waals surface area contributed by atoms with Gasteiger partial charge in [0.2, 0.25) is 0 Å². The smallest absolute Gasteiger partial charge is 0.550 e.